The summed E-state index contributed by atoms with van der Waals surface area (Å²) >= 11 is 8.77. The molecule has 1 aromatic heterocycles. The molecular weight excluding hydrogens is 402 g/mol. The summed E-state index contributed by atoms with van der Waals surface area (Å²) in [6.45, 7) is 0. The van der Waals surface area contributed by atoms with E-state index in [9.17, 15) is 0 Å². The highest BCUT2D eigenvalue weighted by molar-refractivity contribution is 9.10. The lowest BCUT2D eigenvalue weighted by Crippen LogP contribution is -2.38. The van der Waals surface area contributed by atoms with Gasteiger partial charge in [-0.05, 0) is 62.0 Å². The van der Waals surface area contributed by atoms with Crippen molar-refractivity contribution in [1.29, 1.82) is 0 Å². The van der Waals surface area contributed by atoms with Crippen molar-refractivity contribution in [2.75, 3.05) is 5.75 Å². The van der Waals surface area contributed by atoms with Crippen molar-refractivity contribution in [1.82, 2.24) is 10.4 Å². The Morgan fingerprint density at radius 2 is 2.05 bits per heavy atom. The molecule has 0 saturated heterocycles. The molecule has 6 heteroatoms. The molecule has 0 spiro atoms. The molecule has 0 bridgehead atoms. The Morgan fingerprint density at radius 3 is 2.75 bits per heavy atom. The molecule has 0 aliphatic rings. The molecule has 1 aromatic carbocycles. The maximum Gasteiger partial charge on any atom is 0.0410 e. The second-order valence-electron chi connectivity index (χ2n) is 4.32. The molecule has 3 nitrogen and oxygen atoms in total. The maximum atomic E-state index is 5.65. The van der Waals surface area contributed by atoms with Crippen LogP contribution in [0.25, 0.3) is 0 Å². The number of hydrogen-bond donors (Lipinski definition) is 2. The Balaban J connectivity index is 1.94. The first-order valence-corrected chi connectivity index (χ1v) is 8.69. The number of aromatic nitrogens is 1. The molecular formula is C14H15Br2N3S. The van der Waals surface area contributed by atoms with Gasteiger partial charge in [0.25, 0.3) is 0 Å². The SMILES string of the molecule is NNC(CSc1ccccc1Br)Cc1cncc(Br)c1. The van der Waals surface area contributed by atoms with Crippen LogP contribution in [0, 0.1) is 0 Å². The Bertz CT molecular complexity index is 566. The fourth-order valence-corrected chi connectivity index (χ4v) is 3.79. The topological polar surface area (TPSA) is 50.9 Å². The number of benzene rings is 1. The molecule has 0 fully saturated rings. The molecule has 0 aliphatic heterocycles. The molecule has 2 rings (SSSR count). The van der Waals surface area contributed by atoms with Gasteiger partial charge in [-0.1, -0.05) is 12.1 Å². The van der Waals surface area contributed by atoms with Crippen LogP contribution in [0.4, 0.5) is 0 Å². The van der Waals surface area contributed by atoms with E-state index in [1.54, 1.807) is 18.0 Å². The number of nitrogens with two attached hydrogens (primary N) is 1. The smallest absolute Gasteiger partial charge is 0.0410 e. The fraction of sp³-hybridized carbons (Fsp3) is 0.214. The standard InChI is InChI=1S/C14H15Br2N3S/c15-11-5-10(7-18-8-11)6-12(19-17)9-20-14-4-2-1-3-13(14)16/h1-5,7-8,12,19H,6,9,17H2. The quantitative estimate of drug-likeness (QED) is 0.427. The summed E-state index contributed by atoms with van der Waals surface area (Å²) in [5.41, 5.74) is 4.04. The summed E-state index contributed by atoms with van der Waals surface area (Å²) in [4.78, 5) is 5.40. The molecule has 1 unspecified atom stereocenters. The zero-order chi connectivity index (χ0) is 14.4. The largest absolute Gasteiger partial charge is 0.271 e. The van der Waals surface area contributed by atoms with Gasteiger partial charge < -0.3 is 0 Å². The first-order chi connectivity index (χ1) is 9.69. The number of nitrogens with one attached hydrogen (secondary N) is 1. The minimum atomic E-state index is 0.197. The van der Waals surface area contributed by atoms with Crippen LogP contribution in [0.15, 0.2) is 56.6 Å². The molecule has 0 amide bonds. The lowest BCUT2D eigenvalue weighted by molar-refractivity contribution is 0.574. The third-order valence-corrected chi connectivity index (χ3v) is 5.38. The predicted octanol–water partition coefficient (Wildman–Crippen LogP) is 3.77. The van der Waals surface area contributed by atoms with Gasteiger partial charge >= 0.3 is 0 Å². The van der Waals surface area contributed by atoms with Gasteiger partial charge in [-0.15, -0.1) is 11.8 Å². The van der Waals surface area contributed by atoms with E-state index in [1.165, 1.54) is 4.90 Å². The minimum absolute atomic E-state index is 0.197. The van der Waals surface area contributed by atoms with E-state index in [-0.39, 0.29) is 6.04 Å². The van der Waals surface area contributed by atoms with Crippen LogP contribution in [0.5, 0.6) is 0 Å². The van der Waals surface area contributed by atoms with Crippen molar-refractivity contribution < 1.29 is 0 Å². The number of rotatable bonds is 6. The molecule has 2 aromatic rings. The van der Waals surface area contributed by atoms with Gasteiger partial charge in [0.1, 0.15) is 0 Å². The maximum absolute atomic E-state index is 5.65. The number of halogens is 2. The Morgan fingerprint density at radius 1 is 1.25 bits per heavy atom. The van der Waals surface area contributed by atoms with Crippen LogP contribution >= 0.6 is 43.6 Å². The second-order valence-corrected chi connectivity index (χ2v) is 7.15. The van der Waals surface area contributed by atoms with Crippen molar-refractivity contribution in [2.45, 2.75) is 17.4 Å². The van der Waals surface area contributed by atoms with Crippen molar-refractivity contribution in [3.63, 3.8) is 0 Å². The summed E-state index contributed by atoms with van der Waals surface area (Å²) in [7, 11) is 0. The monoisotopic (exact) mass is 415 g/mol. The van der Waals surface area contributed by atoms with Crippen LogP contribution in [0.2, 0.25) is 0 Å². The number of nitrogens with zero attached hydrogens (tertiary/aromatic N) is 1. The van der Waals surface area contributed by atoms with Gasteiger partial charge in [0.2, 0.25) is 0 Å². The van der Waals surface area contributed by atoms with Crippen molar-refractivity contribution in [3.05, 3.63) is 57.2 Å². The van der Waals surface area contributed by atoms with Gasteiger partial charge in [0.05, 0.1) is 0 Å². The van der Waals surface area contributed by atoms with E-state index in [1.807, 2.05) is 24.4 Å². The Kier molecular flexibility index (Phi) is 6.51. The van der Waals surface area contributed by atoms with Crippen molar-refractivity contribution >= 4 is 43.6 Å². The lowest BCUT2D eigenvalue weighted by Gasteiger charge is -2.16. The molecule has 1 heterocycles. The van der Waals surface area contributed by atoms with Gasteiger partial charge in [0, 0.05) is 38.0 Å². The van der Waals surface area contributed by atoms with Crippen molar-refractivity contribution in [3.8, 4) is 0 Å². The van der Waals surface area contributed by atoms with E-state index in [2.05, 4.69) is 54.4 Å². The first-order valence-electron chi connectivity index (χ1n) is 6.12. The highest BCUT2D eigenvalue weighted by Crippen LogP contribution is 2.27. The highest BCUT2D eigenvalue weighted by Gasteiger charge is 2.10. The zero-order valence-electron chi connectivity index (χ0n) is 10.7. The van der Waals surface area contributed by atoms with Crippen LogP contribution in [0.1, 0.15) is 5.56 Å². The zero-order valence-corrected chi connectivity index (χ0v) is 14.7. The van der Waals surface area contributed by atoms with Crippen LogP contribution < -0.4 is 11.3 Å². The minimum Gasteiger partial charge on any atom is -0.271 e. The highest BCUT2D eigenvalue weighted by atomic mass is 79.9. The van der Waals surface area contributed by atoms with Gasteiger partial charge in [-0.2, -0.15) is 0 Å². The molecule has 3 N–H and O–H groups in total. The third-order valence-electron chi connectivity index (χ3n) is 2.76. The molecule has 0 aliphatic carbocycles. The summed E-state index contributed by atoms with van der Waals surface area (Å²) in [5.74, 6) is 6.55. The van der Waals surface area contributed by atoms with Gasteiger partial charge in [-0.3, -0.25) is 16.3 Å². The summed E-state index contributed by atoms with van der Waals surface area (Å²) < 4.78 is 2.11. The van der Waals surface area contributed by atoms with Crippen LogP contribution in [-0.4, -0.2) is 16.8 Å². The molecule has 0 saturated carbocycles. The van der Waals surface area contributed by atoms with E-state index in [0.29, 0.717) is 0 Å². The van der Waals surface area contributed by atoms with E-state index >= 15 is 0 Å². The first kappa shape index (κ1) is 16.0. The van der Waals surface area contributed by atoms with E-state index in [4.69, 9.17) is 5.84 Å². The van der Waals surface area contributed by atoms with E-state index in [0.717, 1.165) is 26.7 Å². The summed E-state index contributed by atoms with van der Waals surface area (Å²) in [5, 5.41) is 0. The number of pyridine rings is 1. The van der Waals surface area contributed by atoms with Crippen molar-refractivity contribution in [2.24, 2.45) is 5.84 Å². The normalized spacial score (nSPS) is 12.3. The average molecular weight is 417 g/mol. The number of thioether (sulfide) groups is 1. The Hall–Kier alpha value is -0.400. The molecule has 20 heavy (non-hydrogen) atoms. The predicted molar refractivity (Wildman–Crippen MR) is 91.6 cm³/mol. The molecule has 1 atom stereocenters. The molecule has 0 radical (unpaired) electrons. The summed E-state index contributed by atoms with van der Waals surface area (Å²) in [6.07, 6.45) is 4.50. The Labute approximate surface area is 140 Å². The number of hydrogen-bond acceptors (Lipinski definition) is 4. The van der Waals surface area contributed by atoms with Gasteiger partial charge in [-0.25, -0.2) is 0 Å². The van der Waals surface area contributed by atoms with Gasteiger partial charge in [0.15, 0.2) is 0 Å². The van der Waals surface area contributed by atoms with E-state index < -0.39 is 0 Å². The third kappa shape index (κ3) is 4.86. The molecule has 106 valence electrons. The van der Waals surface area contributed by atoms with Crippen LogP contribution in [0.3, 0.4) is 0 Å². The number of hydrazine groups is 1. The fourth-order valence-electron chi connectivity index (χ4n) is 1.77. The summed E-state index contributed by atoms with van der Waals surface area (Å²) in [6, 6.07) is 10.5. The lowest BCUT2D eigenvalue weighted by atomic mass is 10.1. The van der Waals surface area contributed by atoms with Crippen LogP contribution in [-0.2, 0) is 6.42 Å². The second kappa shape index (κ2) is 8.14. The average Bonchev–Trinajstić information content (AvgIpc) is 2.45.